The van der Waals surface area contributed by atoms with Gasteiger partial charge < -0.3 is 9.15 Å². The van der Waals surface area contributed by atoms with Crippen molar-refractivity contribution >= 4 is 39.3 Å². The van der Waals surface area contributed by atoms with Gasteiger partial charge in [-0.15, -0.1) is 17.9 Å². The third kappa shape index (κ3) is 3.02. The molecule has 24 heavy (non-hydrogen) atoms. The molecule has 8 heteroatoms. The van der Waals surface area contributed by atoms with Gasteiger partial charge in [-0.1, -0.05) is 17.8 Å². The number of carbonyl (C=O) groups is 1. The summed E-state index contributed by atoms with van der Waals surface area (Å²) < 4.78 is 11.4. The summed E-state index contributed by atoms with van der Waals surface area (Å²) in [6.07, 6.45) is 3.10. The van der Waals surface area contributed by atoms with Gasteiger partial charge >= 0.3 is 5.97 Å². The van der Waals surface area contributed by atoms with Crippen molar-refractivity contribution in [1.29, 1.82) is 0 Å². The number of aromatic nitrogens is 2. The van der Waals surface area contributed by atoms with E-state index in [0.29, 0.717) is 33.2 Å². The number of ether oxygens (including phenoxy) is 1. The van der Waals surface area contributed by atoms with Crippen molar-refractivity contribution in [3.05, 3.63) is 58.1 Å². The highest BCUT2D eigenvalue weighted by atomic mass is 32.2. The number of thiophene rings is 1. The first-order valence-corrected chi connectivity index (χ1v) is 8.88. The number of methoxy groups -OCH3 is 1. The molecule has 3 rings (SSSR count). The van der Waals surface area contributed by atoms with Crippen LogP contribution in [0.2, 0.25) is 0 Å². The van der Waals surface area contributed by atoms with Gasteiger partial charge in [-0.05, 0) is 17.5 Å². The number of thioether (sulfide) groups is 1. The highest BCUT2D eigenvalue weighted by Crippen LogP contribution is 2.26. The first-order valence-electron chi connectivity index (χ1n) is 7.02. The molecule has 0 N–H and O–H groups in total. The molecule has 3 heterocycles. The van der Waals surface area contributed by atoms with E-state index in [-0.39, 0.29) is 11.3 Å². The van der Waals surface area contributed by atoms with E-state index in [1.54, 1.807) is 22.8 Å². The zero-order valence-electron chi connectivity index (χ0n) is 12.9. The van der Waals surface area contributed by atoms with Crippen LogP contribution < -0.4 is 5.56 Å². The third-order valence-corrected chi connectivity index (χ3v) is 5.17. The topological polar surface area (TPSA) is 74.3 Å². The average molecular weight is 362 g/mol. The van der Waals surface area contributed by atoms with E-state index in [0.717, 1.165) is 0 Å². The number of allylic oxidation sites excluding steroid dienone is 1. The lowest BCUT2D eigenvalue weighted by Crippen LogP contribution is -2.22. The molecule has 0 bridgehead atoms. The molecule has 0 saturated carbocycles. The third-order valence-electron chi connectivity index (χ3n) is 3.33. The van der Waals surface area contributed by atoms with Gasteiger partial charge in [0.1, 0.15) is 4.83 Å². The Kier molecular flexibility index (Phi) is 4.86. The Bertz CT molecular complexity index is 955. The van der Waals surface area contributed by atoms with Gasteiger partial charge in [0, 0.05) is 17.9 Å². The summed E-state index contributed by atoms with van der Waals surface area (Å²) in [5, 5.41) is 3.02. The molecule has 0 aliphatic rings. The highest BCUT2D eigenvalue weighted by molar-refractivity contribution is 7.98. The van der Waals surface area contributed by atoms with Crippen molar-refractivity contribution in [2.75, 3.05) is 7.11 Å². The summed E-state index contributed by atoms with van der Waals surface area (Å²) in [4.78, 5) is 29.5. The van der Waals surface area contributed by atoms with Gasteiger partial charge in [0.05, 0.1) is 18.8 Å². The lowest BCUT2D eigenvalue weighted by molar-refractivity contribution is 0.0564. The maximum Gasteiger partial charge on any atom is 0.374 e. The monoisotopic (exact) mass is 362 g/mol. The second-order valence-corrected chi connectivity index (χ2v) is 6.63. The van der Waals surface area contributed by atoms with Crippen LogP contribution in [0.3, 0.4) is 0 Å². The molecule has 0 unspecified atom stereocenters. The summed E-state index contributed by atoms with van der Waals surface area (Å²) in [5.41, 5.74) is 0.599. The van der Waals surface area contributed by atoms with Crippen LogP contribution in [0.15, 0.2) is 50.8 Å². The molecular weight excluding hydrogens is 348 g/mol. The maximum atomic E-state index is 12.6. The predicted octanol–water partition coefficient (Wildman–Crippen LogP) is 3.32. The molecule has 0 aliphatic carbocycles. The van der Waals surface area contributed by atoms with Crippen molar-refractivity contribution in [3.63, 3.8) is 0 Å². The number of nitrogens with zero attached hydrogens (tertiary/aromatic N) is 2. The highest BCUT2D eigenvalue weighted by Gasteiger charge is 2.18. The molecule has 0 fully saturated rings. The van der Waals surface area contributed by atoms with E-state index in [1.807, 2.05) is 5.38 Å². The minimum absolute atomic E-state index is 0.0935. The predicted molar refractivity (Wildman–Crippen MR) is 93.7 cm³/mol. The first kappa shape index (κ1) is 16.5. The molecule has 0 spiro atoms. The molecule has 0 amide bonds. The molecule has 0 atom stereocenters. The molecule has 0 radical (unpaired) electrons. The van der Waals surface area contributed by atoms with Crippen LogP contribution in [-0.4, -0.2) is 22.6 Å². The Balaban J connectivity index is 1.94. The standard InChI is InChI=1S/C16H14N2O4S2/c1-3-6-18-14(19)11-5-8-23-13(11)17-16(18)24-9-10-4-7-22-12(10)15(20)21-2/h3-5,7-8H,1,6,9H2,2H3. The van der Waals surface area contributed by atoms with Gasteiger partial charge in [0.15, 0.2) is 5.16 Å². The van der Waals surface area contributed by atoms with Crippen LogP contribution in [0.1, 0.15) is 16.1 Å². The van der Waals surface area contributed by atoms with Crippen LogP contribution in [-0.2, 0) is 17.0 Å². The molecule has 6 nitrogen and oxygen atoms in total. The smallest absolute Gasteiger partial charge is 0.374 e. The average Bonchev–Trinajstić information content (AvgIpc) is 3.24. The van der Waals surface area contributed by atoms with Crippen molar-refractivity contribution in [2.24, 2.45) is 0 Å². The molecule has 0 aliphatic heterocycles. The number of carbonyl (C=O) groups excluding carboxylic acids is 1. The van der Waals surface area contributed by atoms with Gasteiger partial charge in [-0.2, -0.15) is 0 Å². The fourth-order valence-electron chi connectivity index (χ4n) is 2.19. The molecule has 3 aromatic heterocycles. The van der Waals surface area contributed by atoms with Crippen molar-refractivity contribution in [1.82, 2.24) is 9.55 Å². The second kappa shape index (κ2) is 7.06. The number of furan rings is 1. The first-order chi connectivity index (χ1) is 11.7. The van der Waals surface area contributed by atoms with Crippen LogP contribution in [0, 0.1) is 0 Å². The second-order valence-electron chi connectivity index (χ2n) is 4.79. The molecule has 3 aromatic rings. The summed E-state index contributed by atoms with van der Waals surface area (Å²) in [6, 6.07) is 3.48. The van der Waals surface area contributed by atoms with Gasteiger partial charge in [-0.25, -0.2) is 9.78 Å². The maximum absolute atomic E-state index is 12.6. The van der Waals surface area contributed by atoms with E-state index in [1.165, 1.54) is 36.5 Å². The number of rotatable bonds is 6. The largest absolute Gasteiger partial charge is 0.463 e. The van der Waals surface area contributed by atoms with Crippen LogP contribution in [0.25, 0.3) is 10.2 Å². The van der Waals surface area contributed by atoms with E-state index < -0.39 is 5.97 Å². The summed E-state index contributed by atoms with van der Waals surface area (Å²) in [6.45, 7) is 4.06. The fourth-order valence-corrected chi connectivity index (χ4v) is 3.99. The minimum Gasteiger partial charge on any atom is -0.463 e. The number of esters is 1. The normalized spacial score (nSPS) is 10.9. The van der Waals surface area contributed by atoms with Crippen molar-refractivity contribution in [3.8, 4) is 0 Å². The molecule has 0 aromatic carbocycles. The number of hydrogen-bond acceptors (Lipinski definition) is 7. The van der Waals surface area contributed by atoms with Crippen LogP contribution >= 0.6 is 23.1 Å². The number of hydrogen-bond donors (Lipinski definition) is 0. The Labute approximate surface area is 145 Å². The van der Waals surface area contributed by atoms with E-state index in [9.17, 15) is 9.59 Å². The van der Waals surface area contributed by atoms with Crippen molar-refractivity contribution < 1.29 is 13.9 Å². The lowest BCUT2D eigenvalue weighted by Gasteiger charge is -2.09. The Morgan fingerprint density at radius 2 is 2.38 bits per heavy atom. The van der Waals surface area contributed by atoms with Gasteiger partial charge in [-0.3, -0.25) is 9.36 Å². The quantitative estimate of drug-likeness (QED) is 0.290. The summed E-state index contributed by atoms with van der Waals surface area (Å²) in [7, 11) is 1.30. The summed E-state index contributed by atoms with van der Waals surface area (Å²) >= 11 is 2.78. The number of fused-ring (bicyclic) bond motifs is 1. The van der Waals surface area contributed by atoms with E-state index in [4.69, 9.17) is 9.15 Å². The van der Waals surface area contributed by atoms with Crippen LogP contribution in [0.5, 0.6) is 0 Å². The SMILES string of the molecule is C=CCn1c(SCc2ccoc2C(=O)OC)nc2sccc2c1=O. The van der Waals surface area contributed by atoms with Gasteiger partial charge in [0.2, 0.25) is 5.76 Å². The lowest BCUT2D eigenvalue weighted by atomic mass is 10.3. The van der Waals surface area contributed by atoms with Crippen molar-refractivity contribution in [2.45, 2.75) is 17.5 Å². The molecule has 124 valence electrons. The zero-order valence-corrected chi connectivity index (χ0v) is 14.5. The van der Waals surface area contributed by atoms with Gasteiger partial charge in [0.25, 0.3) is 5.56 Å². The summed E-state index contributed by atoms with van der Waals surface area (Å²) in [5.74, 6) is 0.0714. The molecular formula is C16H14N2O4S2. The van der Waals surface area contributed by atoms with Crippen LogP contribution in [0.4, 0.5) is 0 Å². The van der Waals surface area contributed by atoms with E-state index in [2.05, 4.69) is 11.6 Å². The minimum atomic E-state index is -0.527. The zero-order chi connectivity index (χ0) is 17.1. The van der Waals surface area contributed by atoms with E-state index >= 15 is 0 Å². The Morgan fingerprint density at radius 3 is 3.12 bits per heavy atom. The molecule has 0 saturated heterocycles. The Hall–Kier alpha value is -2.32. The fraction of sp³-hybridized carbons (Fsp3) is 0.188. The Morgan fingerprint density at radius 1 is 1.54 bits per heavy atom.